The zero-order valence-electron chi connectivity index (χ0n) is 15.7. The van der Waals surface area contributed by atoms with Crippen molar-refractivity contribution in [2.75, 3.05) is 13.7 Å². The first-order valence-electron chi connectivity index (χ1n) is 9.43. The first kappa shape index (κ1) is 18.4. The number of amides is 1. The predicted molar refractivity (Wildman–Crippen MR) is 106 cm³/mol. The second-order valence-electron chi connectivity index (χ2n) is 7.56. The van der Waals surface area contributed by atoms with Crippen molar-refractivity contribution in [1.29, 1.82) is 0 Å². The molecule has 0 bridgehead atoms. The fourth-order valence-corrected chi connectivity index (χ4v) is 4.66. The molecular formula is C21H19ClFN3O3. The van der Waals surface area contributed by atoms with Gasteiger partial charge in [0.25, 0.3) is 5.91 Å². The van der Waals surface area contributed by atoms with Crippen molar-refractivity contribution in [3.63, 3.8) is 0 Å². The highest BCUT2D eigenvalue weighted by atomic mass is 35.5. The highest BCUT2D eigenvalue weighted by Crippen LogP contribution is 2.50. The van der Waals surface area contributed by atoms with E-state index in [4.69, 9.17) is 26.8 Å². The predicted octanol–water partition coefficient (Wildman–Crippen LogP) is 3.07. The van der Waals surface area contributed by atoms with E-state index >= 15 is 0 Å². The van der Waals surface area contributed by atoms with Gasteiger partial charge in [-0.2, -0.15) is 0 Å². The lowest BCUT2D eigenvalue weighted by atomic mass is 9.76. The molecule has 0 saturated carbocycles. The highest BCUT2D eigenvalue weighted by molar-refractivity contribution is 6.30. The molecule has 150 valence electrons. The van der Waals surface area contributed by atoms with Crippen LogP contribution in [0.5, 0.6) is 5.75 Å². The van der Waals surface area contributed by atoms with Gasteiger partial charge in [0.1, 0.15) is 23.8 Å². The maximum atomic E-state index is 13.9. The Morgan fingerprint density at radius 3 is 2.83 bits per heavy atom. The molecule has 2 aromatic rings. The van der Waals surface area contributed by atoms with Gasteiger partial charge in [-0.15, -0.1) is 0 Å². The molecule has 8 heteroatoms. The van der Waals surface area contributed by atoms with Crippen LogP contribution in [0, 0.1) is 5.82 Å². The molecule has 1 saturated heterocycles. The summed E-state index contributed by atoms with van der Waals surface area (Å²) in [6.07, 6.45) is 0.735. The Morgan fingerprint density at radius 2 is 2.10 bits per heavy atom. The van der Waals surface area contributed by atoms with E-state index in [1.807, 2.05) is 6.07 Å². The molecule has 1 spiro atoms. The number of ether oxygens (including phenoxy) is 2. The van der Waals surface area contributed by atoms with E-state index in [-0.39, 0.29) is 18.0 Å². The summed E-state index contributed by atoms with van der Waals surface area (Å²) in [5.41, 5.74) is 6.57. The Kier molecular flexibility index (Phi) is 4.08. The Balaban J connectivity index is 1.73. The molecule has 3 aliphatic rings. The van der Waals surface area contributed by atoms with Gasteiger partial charge in [-0.3, -0.25) is 9.69 Å². The summed E-state index contributed by atoms with van der Waals surface area (Å²) in [5.74, 6) is -0.00476. The first-order chi connectivity index (χ1) is 13.9. The van der Waals surface area contributed by atoms with Gasteiger partial charge in [0.15, 0.2) is 5.96 Å². The van der Waals surface area contributed by atoms with Crippen molar-refractivity contribution in [3.05, 3.63) is 52.8 Å². The van der Waals surface area contributed by atoms with Gasteiger partial charge >= 0.3 is 0 Å². The van der Waals surface area contributed by atoms with Crippen LogP contribution in [0.2, 0.25) is 5.02 Å². The molecular weight excluding hydrogens is 397 g/mol. The van der Waals surface area contributed by atoms with E-state index in [0.717, 1.165) is 12.8 Å². The SMILES string of the molecule is CN1C(=O)[C@]2(N=C1N)c1cc(-c3cc(F)cc(Cl)c3)ccc1O[C@H]1CCCO[C@@H]12. The number of carbonyl (C=O) groups excluding carboxylic acids is 1. The molecule has 0 aliphatic carbocycles. The second-order valence-corrected chi connectivity index (χ2v) is 8.00. The third-order valence-electron chi connectivity index (χ3n) is 5.81. The quantitative estimate of drug-likeness (QED) is 0.776. The number of carbonyl (C=O) groups is 1. The monoisotopic (exact) mass is 415 g/mol. The number of nitrogens with zero attached hydrogens (tertiary/aromatic N) is 2. The van der Waals surface area contributed by atoms with Crippen molar-refractivity contribution >= 4 is 23.5 Å². The van der Waals surface area contributed by atoms with Crippen molar-refractivity contribution in [1.82, 2.24) is 4.90 Å². The van der Waals surface area contributed by atoms with Crippen LogP contribution in [0.3, 0.4) is 0 Å². The second kappa shape index (κ2) is 6.43. The van der Waals surface area contributed by atoms with Gasteiger partial charge in [0, 0.05) is 24.2 Å². The molecule has 3 atom stereocenters. The Hall–Kier alpha value is -2.64. The Bertz CT molecular complexity index is 1040. The Labute approximate surface area is 172 Å². The molecule has 2 N–H and O–H groups in total. The van der Waals surface area contributed by atoms with E-state index in [2.05, 4.69) is 4.99 Å². The molecule has 29 heavy (non-hydrogen) atoms. The number of hydrogen-bond acceptors (Lipinski definition) is 5. The van der Waals surface area contributed by atoms with Crippen LogP contribution in [0.1, 0.15) is 18.4 Å². The van der Waals surface area contributed by atoms with Crippen LogP contribution in [0.25, 0.3) is 11.1 Å². The minimum atomic E-state index is -1.31. The van der Waals surface area contributed by atoms with Crippen molar-refractivity contribution < 1.29 is 18.7 Å². The number of guanidine groups is 1. The standard InChI is InChI=1S/C21H19ClFN3O3/c1-26-19(27)21(25-20(26)24)15-9-11(12-7-13(22)10-14(23)8-12)4-5-16(15)29-17-3-2-6-28-18(17)21/h4-5,7-10,17-18H,2-3,6H2,1H3,(H2,24,25)/t17-,18-,21-/m0/s1. The van der Waals surface area contributed by atoms with Gasteiger partial charge in [-0.05, 0) is 54.3 Å². The summed E-state index contributed by atoms with van der Waals surface area (Å²) < 4.78 is 26.1. The van der Waals surface area contributed by atoms with E-state index in [9.17, 15) is 9.18 Å². The van der Waals surface area contributed by atoms with Gasteiger partial charge < -0.3 is 15.2 Å². The number of halogens is 2. The van der Waals surface area contributed by atoms with E-state index in [1.165, 1.54) is 17.0 Å². The average Bonchev–Trinajstić information content (AvgIpc) is 2.92. The summed E-state index contributed by atoms with van der Waals surface area (Å²) in [5, 5.41) is 0.290. The highest BCUT2D eigenvalue weighted by Gasteiger charge is 2.61. The van der Waals surface area contributed by atoms with E-state index < -0.39 is 17.5 Å². The van der Waals surface area contributed by atoms with Crippen molar-refractivity contribution in [2.24, 2.45) is 10.7 Å². The number of hydrogen-bond donors (Lipinski definition) is 1. The van der Waals surface area contributed by atoms with Gasteiger partial charge in [-0.25, -0.2) is 9.38 Å². The normalized spacial score (nSPS) is 28.0. The minimum absolute atomic E-state index is 0.134. The lowest BCUT2D eigenvalue weighted by molar-refractivity contribution is -0.151. The molecule has 6 nitrogen and oxygen atoms in total. The van der Waals surface area contributed by atoms with Crippen LogP contribution >= 0.6 is 11.6 Å². The smallest absolute Gasteiger partial charge is 0.264 e. The van der Waals surface area contributed by atoms with E-state index in [0.29, 0.717) is 34.1 Å². The lowest BCUT2D eigenvalue weighted by Gasteiger charge is -2.45. The van der Waals surface area contributed by atoms with Crippen LogP contribution < -0.4 is 10.5 Å². The molecule has 0 radical (unpaired) electrons. The molecule has 3 aliphatic heterocycles. The average molecular weight is 416 g/mol. The zero-order chi connectivity index (χ0) is 20.3. The fourth-order valence-electron chi connectivity index (χ4n) is 4.43. The number of nitrogens with two attached hydrogens (primary N) is 1. The third kappa shape index (κ3) is 2.64. The van der Waals surface area contributed by atoms with Crippen LogP contribution in [0.15, 0.2) is 41.4 Å². The van der Waals surface area contributed by atoms with Crippen molar-refractivity contribution in [2.45, 2.75) is 30.6 Å². The summed E-state index contributed by atoms with van der Waals surface area (Å²) in [6.45, 7) is 0.521. The van der Waals surface area contributed by atoms with Crippen molar-refractivity contribution in [3.8, 4) is 16.9 Å². The third-order valence-corrected chi connectivity index (χ3v) is 6.03. The lowest BCUT2D eigenvalue weighted by Crippen LogP contribution is -2.58. The van der Waals surface area contributed by atoms with Crippen LogP contribution in [-0.2, 0) is 15.1 Å². The molecule has 0 unspecified atom stereocenters. The van der Waals surface area contributed by atoms with Crippen LogP contribution in [0.4, 0.5) is 4.39 Å². The summed E-state index contributed by atoms with van der Waals surface area (Å²) >= 11 is 6.03. The summed E-state index contributed by atoms with van der Waals surface area (Å²) in [6, 6.07) is 9.70. The van der Waals surface area contributed by atoms with E-state index in [1.54, 1.807) is 25.2 Å². The number of benzene rings is 2. The largest absolute Gasteiger partial charge is 0.487 e. The molecule has 0 aromatic heterocycles. The van der Waals surface area contributed by atoms with Crippen LogP contribution in [-0.4, -0.2) is 42.6 Å². The number of rotatable bonds is 1. The molecule has 2 aromatic carbocycles. The number of fused-ring (bicyclic) bond motifs is 4. The summed E-state index contributed by atoms with van der Waals surface area (Å²) in [7, 11) is 1.60. The van der Waals surface area contributed by atoms with Gasteiger partial charge in [-0.1, -0.05) is 17.7 Å². The number of aliphatic imine (C=N–C) groups is 1. The summed E-state index contributed by atoms with van der Waals surface area (Å²) in [4.78, 5) is 19.3. The maximum absolute atomic E-state index is 13.9. The fraction of sp³-hybridized carbons (Fsp3) is 0.333. The zero-order valence-corrected chi connectivity index (χ0v) is 16.4. The van der Waals surface area contributed by atoms with Gasteiger partial charge in [0.05, 0.1) is 0 Å². The first-order valence-corrected chi connectivity index (χ1v) is 9.80. The molecule has 1 amide bonds. The number of likely N-dealkylation sites (N-methyl/N-ethyl adjacent to an activating group) is 1. The minimum Gasteiger partial charge on any atom is -0.487 e. The molecule has 1 fully saturated rings. The molecule has 5 rings (SSSR count). The maximum Gasteiger partial charge on any atom is 0.264 e. The van der Waals surface area contributed by atoms with Gasteiger partial charge in [0.2, 0.25) is 5.54 Å². The topological polar surface area (TPSA) is 77.2 Å². The molecule has 3 heterocycles. The Morgan fingerprint density at radius 1 is 1.28 bits per heavy atom.